The smallest absolute Gasteiger partial charge is 0.744 e. The van der Waals surface area contributed by atoms with Crippen molar-refractivity contribution in [1.29, 1.82) is 0 Å². The number of nitrogens with two attached hydrogens (primary N) is 1. The summed E-state index contributed by atoms with van der Waals surface area (Å²) in [5.41, 5.74) is 5.20. The molecule has 22 heavy (non-hydrogen) atoms. The predicted molar refractivity (Wildman–Crippen MR) is 72.1 cm³/mol. The number of hydrogen-bond donors (Lipinski definition) is 1. The molecule has 106 valence electrons. The molecular weight excluding hydrogens is 317 g/mol. The fourth-order valence-electron chi connectivity index (χ4n) is 2.43. The Labute approximate surface area is 148 Å². The van der Waals surface area contributed by atoms with E-state index in [-0.39, 0.29) is 51.9 Å². The van der Waals surface area contributed by atoms with E-state index in [9.17, 15) is 22.6 Å². The molecule has 0 saturated carbocycles. The summed E-state index contributed by atoms with van der Waals surface area (Å²) in [6, 6.07) is 8.09. The molecule has 3 rings (SSSR count). The number of rotatable bonds is 1. The van der Waals surface area contributed by atoms with Crippen LogP contribution >= 0.6 is 0 Å². The topological polar surface area (TPSA) is 117 Å². The fourth-order valence-corrected chi connectivity index (χ4v) is 3.11. The molecule has 0 heterocycles. The maximum atomic E-state index is 12.5. The number of benzene rings is 2. The monoisotopic (exact) mass is 325 g/mol. The molecule has 0 saturated heterocycles. The molecule has 0 spiro atoms. The average molecular weight is 325 g/mol. The van der Waals surface area contributed by atoms with Gasteiger partial charge in [0, 0.05) is 16.8 Å². The summed E-state index contributed by atoms with van der Waals surface area (Å²) in [6.45, 7) is 0. The van der Waals surface area contributed by atoms with Crippen molar-refractivity contribution in [3.63, 3.8) is 0 Å². The summed E-state index contributed by atoms with van der Waals surface area (Å²) in [4.78, 5) is 24.2. The fraction of sp³-hybridized carbons (Fsp3) is 0. The summed E-state index contributed by atoms with van der Waals surface area (Å²) in [7, 11) is -4.90. The minimum atomic E-state index is -4.90. The molecular formula is C14H8NNaO5S. The van der Waals surface area contributed by atoms with Crippen molar-refractivity contribution >= 4 is 27.4 Å². The molecule has 2 aromatic carbocycles. The van der Waals surface area contributed by atoms with Crippen LogP contribution in [-0.2, 0) is 10.1 Å². The molecule has 6 nitrogen and oxygen atoms in total. The standard InChI is InChI=1S/C14H9NO5S.Na/c15-9-5-6-10(21(18,19)20)12-11(9)13(16)7-3-1-2-4-8(7)14(12)17;/h1-6H,15H2,(H,18,19,20);/q;+1/p-1. The van der Waals surface area contributed by atoms with Crippen LogP contribution in [0.1, 0.15) is 31.8 Å². The third-order valence-electron chi connectivity index (χ3n) is 3.34. The van der Waals surface area contributed by atoms with Gasteiger partial charge in [0.15, 0.2) is 11.6 Å². The van der Waals surface area contributed by atoms with Gasteiger partial charge in [-0.2, -0.15) is 0 Å². The molecule has 0 atom stereocenters. The first-order valence-electron chi connectivity index (χ1n) is 5.89. The van der Waals surface area contributed by atoms with Crippen LogP contribution in [0.25, 0.3) is 0 Å². The van der Waals surface area contributed by atoms with E-state index in [2.05, 4.69) is 0 Å². The number of fused-ring (bicyclic) bond motifs is 2. The third kappa shape index (κ3) is 2.41. The third-order valence-corrected chi connectivity index (χ3v) is 4.22. The number of nitrogen functional groups attached to an aromatic ring is 1. The normalized spacial score (nSPS) is 13.1. The summed E-state index contributed by atoms with van der Waals surface area (Å²) < 4.78 is 34.0. The van der Waals surface area contributed by atoms with Crippen molar-refractivity contribution in [2.75, 3.05) is 5.73 Å². The molecule has 2 N–H and O–H groups in total. The maximum absolute atomic E-state index is 12.5. The molecule has 2 aromatic rings. The number of ketones is 2. The second-order valence-corrected chi connectivity index (χ2v) is 5.91. The summed E-state index contributed by atoms with van der Waals surface area (Å²) >= 11 is 0. The Morgan fingerprint density at radius 2 is 1.36 bits per heavy atom. The SMILES string of the molecule is Nc1ccc(S(=O)(=O)[O-])c2c1C(=O)c1ccccc1C2=O.[Na+]. The molecule has 0 fully saturated rings. The molecule has 0 unspecified atom stereocenters. The van der Waals surface area contributed by atoms with Gasteiger partial charge >= 0.3 is 29.6 Å². The van der Waals surface area contributed by atoms with Gasteiger partial charge in [0.1, 0.15) is 10.1 Å². The first-order valence-corrected chi connectivity index (χ1v) is 7.30. The van der Waals surface area contributed by atoms with E-state index >= 15 is 0 Å². The van der Waals surface area contributed by atoms with Gasteiger partial charge in [-0.05, 0) is 12.1 Å². The zero-order valence-corrected chi connectivity index (χ0v) is 14.3. The van der Waals surface area contributed by atoms with E-state index in [4.69, 9.17) is 5.73 Å². The molecule has 0 radical (unpaired) electrons. The largest absolute Gasteiger partial charge is 1.00 e. The van der Waals surface area contributed by atoms with Crippen molar-refractivity contribution < 1.29 is 52.1 Å². The van der Waals surface area contributed by atoms with Crippen LogP contribution in [0, 0.1) is 0 Å². The molecule has 0 bridgehead atoms. The Morgan fingerprint density at radius 1 is 0.864 bits per heavy atom. The van der Waals surface area contributed by atoms with Gasteiger partial charge in [0.25, 0.3) is 0 Å². The molecule has 0 aliphatic heterocycles. The number of anilines is 1. The van der Waals surface area contributed by atoms with Gasteiger partial charge in [0.05, 0.1) is 16.0 Å². The quantitative estimate of drug-likeness (QED) is 0.313. The number of carbonyl (C=O) groups is 2. The zero-order valence-electron chi connectivity index (χ0n) is 11.5. The van der Waals surface area contributed by atoms with E-state index in [1.54, 1.807) is 12.1 Å². The van der Waals surface area contributed by atoms with Crippen LogP contribution in [0.5, 0.6) is 0 Å². The summed E-state index contributed by atoms with van der Waals surface area (Å²) in [5.74, 6) is -1.26. The Kier molecular flexibility index (Phi) is 4.29. The Bertz CT molecular complexity index is 921. The van der Waals surface area contributed by atoms with Crippen LogP contribution < -0.4 is 35.3 Å². The average Bonchev–Trinajstić information content (AvgIpc) is 2.43. The summed E-state index contributed by atoms with van der Waals surface area (Å²) in [5, 5.41) is 0. The van der Waals surface area contributed by atoms with Gasteiger partial charge in [-0.3, -0.25) is 9.59 Å². The van der Waals surface area contributed by atoms with Gasteiger partial charge in [-0.1, -0.05) is 24.3 Å². The predicted octanol–water partition coefficient (Wildman–Crippen LogP) is -2.05. The Morgan fingerprint density at radius 3 is 1.86 bits per heavy atom. The Hall–Kier alpha value is -1.51. The minimum Gasteiger partial charge on any atom is -0.744 e. The van der Waals surface area contributed by atoms with Crippen LogP contribution in [-0.4, -0.2) is 24.5 Å². The molecule has 0 aromatic heterocycles. The van der Waals surface area contributed by atoms with Crippen LogP contribution in [0.3, 0.4) is 0 Å². The van der Waals surface area contributed by atoms with Crippen molar-refractivity contribution in [3.8, 4) is 0 Å². The van der Waals surface area contributed by atoms with Crippen molar-refractivity contribution in [1.82, 2.24) is 0 Å². The van der Waals surface area contributed by atoms with Crippen LogP contribution in [0.4, 0.5) is 5.69 Å². The summed E-state index contributed by atoms with van der Waals surface area (Å²) in [6.07, 6.45) is 0. The molecule has 0 amide bonds. The minimum absolute atomic E-state index is 0. The van der Waals surface area contributed by atoms with Gasteiger partial charge in [-0.15, -0.1) is 0 Å². The van der Waals surface area contributed by atoms with Gasteiger partial charge in [-0.25, -0.2) is 8.42 Å². The number of carbonyl (C=O) groups excluding carboxylic acids is 2. The first-order chi connectivity index (χ1) is 9.82. The van der Waals surface area contributed by atoms with Crippen LogP contribution in [0.15, 0.2) is 41.3 Å². The molecule has 1 aliphatic carbocycles. The second kappa shape index (κ2) is 5.60. The Balaban J connectivity index is 0.00000176. The molecule has 1 aliphatic rings. The first kappa shape index (κ1) is 16.9. The van der Waals surface area contributed by atoms with E-state index in [0.29, 0.717) is 0 Å². The van der Waals surface area contributed by atoms with Crippen LogP contribution in [0.2, 0.25) is 0 Å². The van der Waals surface area contributed by atoms with E-state index in [0.717, 1.165) is 12.1 Å². The second-order valence-electron chi connectivity index (χ2n) is 4.56. The van der Waals surface area contributed by atoms with E-state index < -0.39 is 32.1 Å². The van der Waals surface area contributed by atoms with Gasteiger partial charge in [0.2, 0.25) is 0 Å². The van der Waals surface area contributed by atoms with E-state index in [1.165, 1.54) is 12.1 Å². The number of hydrogen-bond acceptors (Lipinski definition) is 6. The van der Waals surface area contributed by atoms with Crippen molar-refractivity contribution in [2.24, 2.45) is 0 Å². The van der Waals surface area contributed by atoms with Gasteiger partial charge < -0.3 is 10.3 Å². The maximum Gasteiger partial charge on any atom is 1.00 e. The van der Waals surface area contributed by atoms with Crippen molar-refractivity contribution in [2.45, 2.75) is 4.90 Å². The van der Waals surface area contributed by atoms with E-state index in [1.807, 2.05) is 0 Å². The zero-order chi connectivity index (χ0) is 15.4. The van der Waals surface area contributed by atoms with Crippen molar-refractivity contribution in [3.05, 3.63) is 58.7 Å². The molecule has 8 heteroatoms.